The molecule has 8 nitrogen and oxygen atoms in total. The van der Waals surface area contributed by atoms with E-state index in [1.807, 2.05) is 153 Å². The predicted octanol–water partition coefficient (Wildman–Crippen LogP) is 18.0. The molecule has 0 radical (unpaired) electrons. The molecule has 92 heavy (non-hydrogen) atoms. The fraction of sp³-hybridized carbons (Fsp3) is 0.0952. The number of carbonyl (C=O) groups excluding carboxylic acids is 4. The molecule has 0 spiro atoms. The predicted molar refractivity (Wildman–Crippen MR) is 366 cm³/mol. The van der Waals surface area contributed by atoms with E-state index in [0.717, 1.165) is 89.0 Å². The summed E-state index contributed by atoms with van der Waals surface area (Å²) in [7, 11) is 0. The highest BCUT2D eigenvalue weighted by Gasteiger charge is 2.29. The lowest BCUT2D eigenvalue weighted by atomic mass is 9.93. The van der Waals surface area contributed by atoms with Crippen LogP contribution in [0.15, 0.2) is 291 Å². The number of nitrogens with zero attached hydrogens (tertiary/aromatic N) is 4. The van der Waals surface area contributed by atoms with E-state index in [0.29, 0.717) is 44.5 Å². The minimum atomic E-state index is -0.194. The Labute approximate surface area is 536 Å². The minimum Gasteiger partial charge on any atom is -0.330 e. The van der Waals surface area contributed by atoms with E-state index in [4.69, 9.17) is 0 Å². The maximum absolute atomic E-state index is 15.9. The molecule has 0 aliphatic carbocycles. The fourth-order valence-electron chi connectivity index (χ4n) is 13.5. The first-order valence-electron chi connectivity index (χ1n) is 31.4. The summed E-state index contributed by atoms with van der Waals surface area (Å²) in [6, 6.07) is 97.8. The molecule has 19 rings (SSSR count). The van der Waals surface area contributed by atoms with Crippen LogP contribution in [0.25, 0.3) is 66.8 Å². The zero-order valence-electron chi connectivity index (χ0n) is 50.8. The van der Waals surface area contributed by atoms with Crippen molar-refractivity contribution >= 4 is 23.6 Å². The minimum absolute atomic E-state index is 0.194. The van der Waals surface area contributed by atoms with E-state index in [-0.39, 0.29) is 76.0 Å². The highest BCUT2D eigenvalue weighted by molar-refractivity contribution is 6.08. The summed E-state index contributed by atoms with van der Waals surface area (Å²) in [4.78, 5) is 71.3. The molecule has 7 aliphatic rings. The molecule has 0 atom stereocenters. The number of carbonyl (C=O) groups is 4. The van der Waals surface area contributed by atoms with Crippen molar-refractivity contribution in [1.82, 2.24) is 19.6 Å². The molecular formula is C84H64N4O4. The number of benzene rings is 12. The third-order valence-electron chi connectivity index (χ3n) is 18.2. The molecule has 0 saturated carbocycles. The Kier molecular flexibility index (Phi) is 15.4. The Hall–Kier alpha value is -11.5. The van der Waals surface area contributed by atoms with Crippen molar-refractivity contribution in [3.8, 4) is 66.8 Å². The van der Waals surface area contributed by atoms with Gasteiger partial charge in [0.05, 0.1) is 0 Å². The van der Waals surface area contributed by atoms with E-state index in [1.54, 1.807) is 0 Å². The van der Waals surface area contributed by atoms with Gasteiger partial charge in [-0.15, -0.1) is 0 Å². The average molecular weight is 1190 g/mol. The van der Waals surface area contributed by atoms with Crippen molar-refractivity contribution in [3.63, 3.8) is 0 Å². The third-order valence-corrected chi connectivity index (χ3v) is 18.2. The van der Waals surface area contributed by atoms with Crippen LogP contribution in [0.2, 0.25) is 0 Å². The number of amides is 4. The maximum atomic E-state index is 15.9. The zero-order chi connectivity index (χ0) is 62.1. The Morgan fingerprint density at radius 3 is 0.587 bits per heavy atom. The van der Waals surface area contributed by atoms with Gasteiger partial charge in [-0.05, 0) is 148 Å². The van der Waals surface area contributed by atoms with Crippen LogP contribution in [-0.2, 0) is 52.4 Å². The van der Waals surface area contributed by atoms with Crippen LogP contribution in [0, 0.1) is 0 Å². The molecular weight excluding hydrogens is 1130 g/mol. The van der Waals surface area contributed by atoms with Crippen LogP contribution >= 0.6 is 0 Å². The zero-order valence-corrected chi connectivity index (χ0v) is 50.8. The SMILES string of the molecule is O=C1c2ccccc2-c2ccccc2C(=O)N2Cc3ccc(cc3)-c3cccc(c3)-c3ccc(cc3)CN(Cc3cccc(c3)C2)C(=O)c2ccccc2-c2ccccc2C(=O)N2Cc3ccc(cc3)-c3cccc(c3)-c3ccc(cc3)CN1Cc1cccc(c1)C2. The molecule has 12 aromatic rings. The molecule has 0 fully saturated rings. The molecule has 7 heterocycles. The lowest BCUT2D eigenvalue weighted by molar-refractivity contribution is 0.0718. The standard InChI is InChI=1S/C84H64N4O4/c89-81-77-25-5-1-21-73(77)74-22-2-6-26-78(74)82(90)86-50-58-31-39-66(40-32-58)70-18-12-20-72(48-70)68-43-35-60(36-44-68)52-88(56-64-16-10-14-62(46-64)54-86)84(92)80-28-8-4-24-76(80)75-23-3-7-27-79(75)83(91)87-51-59-33-41-67(42-34-59)71-19-11-17-69(47-71)65-37-29-57(30-38-65)49-85(81)53-61-13-9-15-63(45-61)55-87/h1-48H,49-56H2. The first-order valence-corrected chi connectivity index (χ1v) is 31.4. The fourth-order valence-corrected chi connectivity index (χ4v) is 13.5. The number of hydrogen-bond donors (Lipinski definition) is 0. The molecule has 0 unspecified atom stereocenters. The molecule has 4 amide bonds. The second-order valence-electron chi connectivity index (χ2n) is 24.4. The van der Waals surface area contributed by atoms with Gasteiger partial charge in [0, 0.05) is 74.6 Å². The Balaban J connectivity index is 0.929. The van der Waals surface area contributed by atoms with Crippen LogP contribution in [-0.4, -0.2) is 43.2 Å². The van der Waals surface area contributed by atoms with Gasteiger partial charge in [0.1, 0.15) is 0 Å². The van der Waals surface area contributed by atoms with Crippen molar-refractivity contribution in [3.05, 3.63) is 358 Å². The summed E-state index contributed by atoms with van der Waals surface area (Å²) in [6.45, 7) is 2.13. The Bertz CT molecular complexity index is 4210. The first kappa shape index (κ1) is 57.0. The van der Waals surface area contributed by atoms with Crippen molar-refractivity contribution in [2.24, 2.45) is 0 Å². The van der Waals surface area contributed by atoms with Gasteiger partial charge in [-0.3, -0.25) is 19.2 Å². The maximum Gasteiger partial charge on any atom is 0.255 e. The second kappa shape index (κ2) is 24.8. The first-order chi connectivity index (χ1) is 45.2. The summed E-state index contributed by atoms with van der Waals surface area (Å²) in [5.41, 5.74) is 20.2. The van der Waals surface area contributed by atoms with Gasteiger partial charge >= 0.3 is 0 Å². The molecule has 0 aromatic heterocycles. The van der Waals surface area contributed by atoms with Gasteiger partial charge in [-0.25, -0.2) is 0 Å². The summed E-state index contributed by atoms with van der Waals surface area (Å²) < 4.78 is 0. The second-order valence-corrected chi connectivity index (χ2v) is 24.4. The topological polar surface area (TPSA) is 81.2 Å². The van der Waals surface area contributed by atoms with Gasteiger partial charge in [0.25, 0.3) is 23.6 Å². The Morgan fingerprint density at radius 2 is 0.359 bits per heavy atom. The van der Waals surface area contributed by atoms with Crippen LogP contribution < -0.4 is 0 Å². The summed E-state index contributed by atoms with van der Waals surface area (Å²) >= 11 is 0. The van der Waals surface area contributed by atoms with Crippen molar-refractivity contribution in [2.45, 2.75) is 52.4 Å². The lowest BCUT2D eigenvalue weighted by Gasteiger charge is -2.28. The molecule has 0 N–H and O–H groups in total. The van der Waals surface area contributed by atoms with Gasteiger partial charge in [0.2, 0.25) is 0 Å². The van der Waals surface area contributed by atoms with Crippen LogP contribution in [0.3, 0.4) is 0 Å². The van der Waals surface area contributed by atoms with Crippen molar-refractivity contribution < 1.29 is 19.2 Å². The van der Waals surface area contributed by atoms with E-state index >= 15 is 19.2 Å². The van der Waals surface area contributed by atoms with Crippen LogP contribution in [0.1, 0.15) is 85.9 Å². The van der Waals surface area contributed by atoms with E-state index in [1.165, 1.54) is 0 Å². The number of rotatable bonds is 0. The Morgan fingerprint density at radius 1 is 0.163 bits per heavy atom. The number of hydrogen-bond acceptors (Lipinski definition) is 4. The molecule has 12 aromatic carbocycles. The number of fused-ring (bicyclic) bond motifs is 10. The smallest absolute Gasteiger partial charge is 0.255 e. The normalized spacial score (nSPS) is 14.2. The van der Waals surface area contributed by atoms with E-state index in [2.05, 4.69) is 158 Å². The largest absolute Gasteiger partial charge is 0.330 e. The van der Waals surface area contributed by atoms with E-state index in [9.17, 15) is 0 Å². The molecule has 0 saturated heterocycles. The lowest BCUT2D eigenvalue weighted by Crippen LogP contribution is -2.32. The van der Waals surface area contributed by atoms with Gasteiger partial charge in [-0.2, -0.15) is 0 Å². The highest BCUT2D eigenvalue weighted by atomic mass is 16.2. The summed E-state index contributed by atoms with van der Waals surface area (Å²) in [6.07, 6.45) is 0. The molecule has 20 bridgehead atoms. The summed E-state index contributed by atoms with van der Waals surface area (Å²) in [5.74, 6) is -0.778. The molecule has 7 aliphatic heterocycles. The molecule has 444 valence electrons. The van der Waals surface area contributed by atoms with Gasteiger partial charge in [-0.1, -0.05) is 255 Å². The highest BCUT2D eigenvalue weighted by Crippen LogP contribution is 2.36. The van der Waals surface area contributed by atoms with E-state index < -0.39 is 0 Å². The van der Waals surface area contributed by atoms with Gasteiger partial charge < -0.3 is 19.6 Å². The molecule has 8 heteroatoms. The third kappa shape index (κ3) is 11.7. The monoisotopic (exact) mass is 1190 g/mol. The van der Waals surface area contributed by atoms with Crippen molar-refractivity contribution in [1.29, 1.82) is 0 Å². The average Bonchev–Trinajstić information content (AvgIpc) is 0.837. The van der Waals surface area contributed by atoms with Gasteiger partial charge in [0.15, 0.2) is 0 Å². The summed E-state index contributed by atoms with van der Waals surface area (Å²) in [5, 5.41) is 0. The quantitative estimate of drug-likeness (QED) is 0.151. The van der Waals surface area contributed by atoms with Crippen LogP contribution in [0.5, 0.6) is 0 Å². The van der Waals surface area contributed by atoms with Crippen LogP contribution in [0.4, 0.5) is 0 Å². The van der Waals surface area contributed by atoms with Crippen molar-refractivity contribution in [2.75, 3.05) is 0 Å².